The molecule has 0 aliphatic heterocycles. The Kier molecular flexibility index (Phi) is 6.27. The zero-order valence-electron chi connectivity index (χ0n) is 11.3. The molecule has 0 aromatic carbocycles. The van der Waals surface area contributed by atoms with Gasteiger partial charge in [0.15, 0.2) is 0 Å². The Balaban J connectivity index is 2.46. The molecule has 1 aromatic rings. The van der Waals surface area contributed by atoms with Crippen LogP contribution in [0.25, 0.3) is 0 Å². The second kappa shape index (κ2) is 7.73. The standard InChI is InChI=1S/C11H19ClN6O/c1-4-13-10-16-9(12)17-11(18-10)14-6-5-8(19)15-7(2)3/h7H,4-6H2,1-3H3,(H,15,19)(H2,13,14,16,17,18). The third kappa shape index (κ3) is 6.19. The minimum Gasteiger partial charge on any atom is -0.354 e. The van der Waals surface area contributed by atoms with Crippen LogP contribution in [0, 0.1) is 0 Å². The summed E-state index contributed by atoms with van der Waals surface area (Å²) < 4.78 is 0. The van der Waals surface area contributed by atoms with E-state index in [1.807, 2.05) is 20.8 Å². The molecule has 0 radical (unpaired) electrons. The molecule has 106 valence electrons. The first-order valence-electron chi connectivity index (χ1n) is 6.20. The first kappa shape index (κ1) is 15.4. The maximum atomic E-state index is 11.4. The summed E-state index contributed by atoms with van der Waals surface area (Å²) in [5.41, 5.74) is 0. The van der Waals surface area contributed by atoms with E-state index in [9.17, 15) is 4.79 Å². The van der Waals surface area contributed by atoms with E-state index in [4.69, 9.17) is 11.6 Å². The maximum absolute atomic E-state index is 11.4. The first-order valence-corrected chi connectivity index (χ1v) is 6.57. The molecule has 3 N–H and O–H groups in total. The molecule has 0 aliphatic carbocycles. The van der Waals surface area contributed by atoms with Crippen molar-refractivity contribution >= 4 is 29.4 Å². The van der Waals surface area contributed by atoms with Crippen molar-refractivity contribution in [2.45, 2.75) is 33.2 Å². The van der Waals surface area contributed by atoms with Crippen LogP contribution in [0.2, 0.25) is 5.28 Å². The van der Waals surface area contributed by atoms with Gasteiger partial charge in [-0.3, -0.25) is 4.79 Å². The van der Waals surface area contributed by atoms with Gasteiger partial charge in [-0.05, 0) is 32.4 Å². The first-order chi connectivity index (χ1) is 9.01. The van der Waals surface area contributed by atoms with Crippen molar-refractivity contribution in [1.29, 1.82) is 0 Å². The monoisotopic (exact) mass is 286 g/mol. The van der Waals surface area contributed by atoms with E-state index >= 15 is 0 Å². The normalized spacial score (nSPS) is 10.4. The van der Waals surface area contributed by atoms with Crippen LogP contribution in [0.15, 0.2) is 0 Å². The Hall–Kier alpha value is -1.63. The zero-order valence-corrected chi connectivity index (χ0v) is 12.1. The number of amides is 1. The molecule has 7 nitrogen and oxygen atoms in total. The van der Waals surface area contributed by atoms with Crippen molar-refractivity contribution < 1.29 is 4.79 Å². The van der Waals surface area contributed by atoms with E-state index in [-0.39, 0.29) is 17.2 Å². The fourth-order valence-electron chi connectivity index (χ4n) is 1.35. The van der Waals surface area contributed by atoms with Gasteiger partial charge in [0.1, 0.15) is 0 Å². The Morgan fingerprint density at radius 3 is 2.42 bits per heavy atom. The van der Waals surface area contributed by atoms with Gasteiger partial charge in [0, 0.05) is 25.6 Å². The number of aromatic nitrogens is 3. The van der Waals surface area contributed by atoms with E-state index in [1.165, 1.54) is 0 Å². The van der Waals surface area contributed by atoms with Gasteiger partial charge in [0.25, 0.3) is 0 Å². The van der Waals surface area contributed by atoms with Crippen LogP contribution in [-0.4, -0.2) is 40.0 Å². The van der Waals surface area contributed by atoms with E-state index in [0.29, 0.717) is 31.4 Å². The van der Waals surface area contributed by atoms with Crippen LogP contribution in [-0.2, 0) is 4.79 Å². The topological polar surface area (TPSA) is 91.8 Å². The Labute approximate surface area is 117 Å². The van der Waals surface area contributed by atoms with Gasteiger partial charge in [0.2, 0.25) is 23.1 Å². The highest BCUT2D eigenvalue weighted by Crippen LogP contribution is 2.09. The van der Waals surface area contributed by atoms with Gasteiger partial charge >= 0.3 is 0 Å². The van der Waals surface area contributed by atoms with Crippen LogP contribution >= 0.6 is 11.6 Å². The van der Waals surface area contributed by atoms with Crippen LogP contribution in [0.4, 0.5) is 11.9 Å². The summed E-state index contributed by atoms with van der Waals surface area (Å²) in [5.74, 6) is 0.750. The average Bonchev–Trinajstić information content (AvgIpc) is 2.27. The van der Waals surface area contributed by atoms with E-state index in [1.54, 1.807) is 0 Å². The Morgan fingerprint density at radius 1 is 1.21 bits per heavy atom. The molecule has 0 saturated heterocycles. The second-order valence-corrected chi connectivity index (χ2v) is 4.52. The van der Waals surface area contributed by atoms with Crippen molar-refractivity contribution in [3.05, 3.63) is 5.28 Å². The maximum Gasteiger partial charge on any atom is 0.228 e. The lowest BCUT2D eigenvalue weighted by Gasteiger charge is -2.09. The van der Waals surface area contributed by atoms with Crippen molar-refractivity contribution in [3.63, 3.8) is 0 Å². The number of nitrogens with zero attached hydrogens (tertiary/aromatic N) is 3. The largest absolute Gasteiger partial charge is 0.354 e. The lowest BCUT2D eigenvalue weighted by atomic mass is 10.3. The minimum atomic E-state index is -0.0189. The number of hydrogen-bond donors (Lipinski definition) is 3. The summed E-state index contributed by atoms with van der Waals surface area (Å²) in [4.78, 5) is 23.4. The number of halogens is 1. The molecule has 0 fully saturated rings. The van der Waals surface area contributed by atoms with Crippen molar-refractivity contribution in [2.75, 3.05) is 23.7 Å². The molecule has 0 bridgehead atoms. The van der Waals surface area contributed by atoms with Crippen molar-refractivity contribution in [2.24, 2.45) is 0 Å². The highest BCUT2D eigenvalue weighted by atomic mass is 35.5. The molecule has 0 spiro atoms. The third-order valence-corrected chi connectivity index (χ3v) is 2.20. The lowest BCUT2D eigenvalue weighted by Crippen LogP contribution is -2.31. The summed E-state index contributed by atoms with van der Waals surface area (Å²) in [6.07, 6.45) is 0.345. The van der Waals surface area contributed by atoms with Crippen LogP contribution in [0.1, 0.15) is 27.2 Å². The number of carbonyl (C=O) groups is 1. The van der Waals surface area contributed by atoms with Crippen LogP contribution in [0.5, 0.6) is 0 Å². The molecule has 0 unspecified atom stereocenters. The average molecular weight is 287 g/mol. The van der Waals surface area contributed by atoms with Gasteiger partial charge in [-0.25, -0.2) is 0 Å². The van der Waals surface area contributed by atoms with Gasteiger partial charge in [-0.15, -0.1) is 0 Å². The SMILES string of the molecule is CCNc1nc(Cl)nc(NCCC(=O)NC(C)C)n1. The molecule has 1 aromatic heterocycles. The summed E-state index contributed by atoms with van der Waals surface area (Å²) in [6, 6.07) is 0.138. The molecule has 0 aliphatic rings. The molecule has 0 saturated carbocycles. The lowest BCUT2D eigenvalue weighted by molar-refractivity contribution is -0.121. The molecule has 1 amide bonds. The fraction of sp³-hybridized carbons (Fsp3) is 0.636. The molecule has 1 heterocycles. The van der Waals surface area contributed by atoms with Gasteiger partial charge in [-0.1, -0.05) is 0 Å². The minimum absolute atomic E-state index is 0.0189. The van der Waals surface area contributed by atoms with Crippen molar-refractivity contribution in [3.8, 4) is 0 Å². The predicted molar refractivity (Wildman–Crippen MR) is 75.4 cm³/mol. The smallest absolute Gasteiger partial charge is 0.228 e. The summed E-state index contributed by atoms with van der Waals surface area (Å²) >= 11 is 5.77. The van der Waals surface area contributed by atoms with Crippen LogP contribution < -0.4 is 16.0 Å². The third-order valence-electron chi connectivity index (χ3n) is 2.03. The fourth-order valence-corrected chi connectivity index (χ4v) is 1.51. The Bertz CT molecular complexity index is 426. The number of anilines is 2. The summed E-state index contributed by atoms with van der Waals surface area (Å²) in [6.45, 7) is 6.89. The van der Waals surface area contributed by atoms with Gasteiger partial charge in [0.05, 0.1) is 0 Å². The van der Waals surface area contributed by atoms with E-state index in [2.05, 4.69) is 30.9 Å². The number of carbonyl (C=O) groups excluding carboxylic acids is 1. The van der Waals surface area contributed by atoms with Crippen LogP contribution in [0.3, 0.4) is 0 Å². The molecule has 0 atom stereocenters. The summed E-state index contributed by atoms with van der Waals surface area (Å²) in [7, 11) is 0. The molecule has 8 heteroatoms. The second-order valence-electron chi connectivity index (χ2n) is 4.18. The predicted octanol–water partition coefficient (Wildman–Crippen LogP) is 1.28. The number of rotatable bonds is 7. The highest BCUT2D eigenvalue weighted by molar-refractivity contribution is 6.28. The molecular weight excluding hydrogens is 268 g/mol. The van der Waals surface area contributed by atoms with E-state index in [0.717, 1.165) is 0 Å². The summed E-state index contributed by atoms with van der Waals surface area (Å²) in [5, 5.41) is 8.80. The zero-order chi connectivity index (χ0) is 14.3. The van der Waals surface area contributed by atoms with E-state index < -0.39 is 0 Å². The quantitative estimate of drug-likeness (QED) is 0.699. The number of nitrogens with one attached hydrogen (secondary N) is 3. The van der Waals surface area contributed by atoms with Gasteiger partial charge < -0.3 is 16.0 Å². The molecular formula is C11H19ClN6O. The van der Waals surface area contributed by atoms with Crippen molar-refractivity contribution in [1.82, 2.24) is 20.3 Å². The molecule has 1 rings (SSSR count). The van der Waals surface area contributed by atoms with Gasteiger partial charge in [-0.2, -0.15) is 15.0 Å². The Morgan fingerprint density at radius 2 is 1.84 bits per heavy atom. The number of hydrogen-bond acceptors (Lipinski definition) is 6. The highest BCUT2D eigenvalue weighted by Gasteiger charge is 2.06. The molecule has 19 heavy (non-hydrogen) atoms.